The maximum absolute atomic E-state index is 11.8. The maximum Gasteiger partial charge on any atom is 0.216 e. The van der Waals surface area contributed by atoms with Crippen LogP contribution in [0.2, 0.25) is 0 Å². The van der Waals surface area contributed by atoms with E-state index < -0.39 is 15.3 Å². The van der Waals surface area contributed by atoms with Crippen molar-refractivity contribution >= 4 is 20.9 Å². The van der Waals surface area contributed by atoms with Crippen LogP contribution in [0, 0.1) is 0 Å². The summed E-state index contributed by atoms with van der Waals surface area (Å²) in [5.41, 5.74) is 1.69. The summed E-state index contributed by atoms with van der Waals surface area (Å²) in [4.78, 5) is 0. The van der Waals surface area contributed by atoms with Gasteiger partial charge in [0.1, 0.15) is 5.25 Å². The second-order valence-electron chi connectivity index (χ2n) is 5.37. The molecule has 1 unspecified atom stereocenters. The number of nitrogens with zero attached hydrogens (tertiary/aromatic N) is 2. The van der Waals surface area contributed by atoms with Gasteiger partial charge in [0.15, 0.2) is 0 Å². The number of benzene rings is 1. The molecule has 0 saturated heterocycles. The van der Waals surface area contributed by atoms with Crippen LogP contribution in [0.1, 0.15) is 50.5 Å². The topological polar surface area (TPSA) is 78.0 Å². The fourth-order valence-corrected chi connectivity index (χ4v) is 3.54. The molecule has 2 aromatic rings. The van der Waals surface area contributed by atoms with E-state index in [2.05, 4.69) is 5.10 Å². The maximum atomic E-state index is 11.8. The summed E-state index contributed by atoms with van der Waals surface area (Å²) in [6.07, 6.45) is 3.09. The number of hydrogen-bond acceptors (Lipinski definition) is 3. The first-order valence-corrected chi connectivity index (χ1v) is 8.44. The lowest BCUT2D eigenvalue weighted by atomic mass is 10.1. The van der Waals surface area contributed by atoms with Crippen LogP contribution in [-0.2, 0) is 10.0 Å². The van der Waals surface area contributed by atoms with E-state index in [9.17, 15) is 8.42 Å². The summed E-state index contributed by atoms with van der Waals surface area (Å²) in [5.74, 6) is 0. The molecule has 0 fully saturated rings. The lowest BCUT2D eigenvalue weighted by Gasteiger charge is -2.15. The monoisotopic (exact) mass is 295 g/mol. The zero-order valence-corrected chi connectivity index (χ0v) is 12.9. The van der Waals surface area contributed by atoms with Crippen molar-refractivity contribution in [1.29, 1.82) is 0 Å². The van der Waals surface area contributed by atoms with Crippen molar-refractivity contribution in [1.82, 2.24) is 9.78 Å². The summed E-state index contributed by atoms with van der Waals surface area (Å²) in [7, 11) is -3.59. The Morgan fingerprint density at radius 1 is 1.35 bits per heavy atom. The average Bonchev–Trinajstić information content (AvgIpc) is 2.77. The van der Waals surface area contributed by atoms with Gasteiger partial charge in [-0.25, -0.2) is 13.6 Å². The summed E-state index contributed by atoms with van der Waals surface area (Å²) < 4.78 is 25.4. The molecule has 0 aliphatic rings. The third-order valence-corrected chi connectivity index (χ3v) is 4.73. The Labute approximate surface area is 119 Å². The van der Waals surface area contributed by atoms with Gasteiger partial charge in [0, 0.05) is 11.4 Å². The minimum absolute atomic E-state index is 0.224. The van der Waals surface area contributed by atoms with Gasteiger partial charge in [-0.1, -0.05) is 25.5 Å². The van der Waals surface area contributed by atoms with Crippen LogP contribution < -0.4 is 5.14 Å². The highest BCUT2D eigenvalue weighted by Gasteiger charge is 2.23. The van der Waals surface area contributed by atoms with E-state index in [1.165, 1.54) is 0 Å². The van der Waals surface area contributed by atoms with E-state index in [0.717, 1.165) is 22.9 Å². The molecular formula is C14H21N3O2S. The SMILES string of the molecule is CCCC(c1ccc2cnn(C(C)C)c2c1)S(N)(=O)=O. The summed E-state index contributed by atoms with van der Waals surface area (Å²) in [6, 6.07) is 5.86. The molecule has 2 N–H and O–H groups in total. The van der Waals surface area contributed by atoms with Crippen LogP contribution in [0.25, 0.3) is 10.9 Å². The highest BCUT2D eigenvalue weighted by molar-refractivity contribution is 7.89. The second-order valence-corrected chi connectivity index (χ2v) is 7.11. The molecule has 0 amide bonds. The molecule has 0 aliphatic carbocycles. The Morgan fingerprint density at radius 2 is 2.05 bits per heavy atom. The number of fused-ring (bicyclic) bond motifs is 1. The molecule has 1 aromatic heterocycles. The fraction of sp³-hybridized carbons (Fsp3) is 0.500. The highest BCUT2D eigenvalue weighted by atomic mass is 32.2. The predicted molar refractivity (Wildman–Crippen MR) is 80.9 cm³/mol. The molecule has 1 aromatic carbocycles. The number of nitrogens with two attached hydrogens (primary N) is 1. The third-order valence-electron chi connectivity index (χ3n) is 3.43. The molecule has 2 rings (SSSR count). The first-order valence-electron chi connectivity index (χ1n) is 6.83. The summed E-state index contributed by atoms with van der Waals surface area (Å²) >= 11 is 0. The summed E-state index contributed by atoms with van der Waals surface area (Å²) in [5, 5.41) is 10.1. The third kappa shape index (κ3) is 2.86. The van der Waals surface area contributed by atoms with Crippen LogP contribution in [0.15, 0.2) is 24.4 Å². The molecule has 0 spiro atoms. The van der Waals surface area contributed by atoms with Gasteiger partial charge < -0.3 is 0 Å². The minimum atomic E-state index is -3.59. The normalized spacial score (nSPS) is 14.1. The van der Waals surface area contributed by atoms with Crippen molar-refractivity contribution in [3.8, 4) is 0 Å². The second kappa shape index (κ2) is 5.54. The molecular weight excluding hydrogens is 274 g/mol. The van der Waals surface area contributed by atoms with Crippen LogP contribution >= 0.6 is 0 Å². The first kappa shape index (κ1) is 15.0. The average molecular weight is 295 g/mol. The van der Waals surface area contributed by atoms with Crippen LogP contribution in [0.4, 0.5) is 0 Å². The number of sulfonamides is 1. The van der Waals surface area contributed by atoms with E-state index in [0.29, 0.717) is 6.42 Å². The van der Waals surface area contributed by atoms with Crippen LogP contribution in [0.3, 0.4) is 0 Å². The van der Waals surface area contributed by atoms with Gasteiger partial charge in [-0.3, -0.25) is 4.68 Å². The van der Waals surface area contributed by atoms with E-state index in [-0.39, 0.29) is 6.04 Å². The Hall–Kier alpha value is -1.40. The molecule has 0 saturated carbocycles. The van der Waals surface area contributed by atoms with Crippen molar-refractivity contribution in [2.75, 3.05) is 0 Å². The number of rotatable bonds is 5. The predicted octanol–water partition coefficient (Wildman–Crippen LogP) is 2.75. The van der Waals surface area contributed by atoms with Gasteiger partial charge in [-0.05, 0) is 31.9 Å². The first-order chi connectivity index (χ1) is 9.34. The molecule has 110 valence electrons. The van der Waals surface area contributed by atoms with Crippen molar-refractivity contribution in [2.24, 2.45) is 5.14 Å². The van der Waals surface area contributed by atoms with Crippen molar-refractivity contribution < 1.29 is 8.42 Å². The largest absolute Gasteiger partial charge is 0.262 e. The van der Waals surface area contributed by atoms with Gasteiger partial charge in [-0.15, -0.1) is 0 Å². The molecule has 0 radical (unpaired) electrons. The minimum Gasteiger partial charge on any atom is -0.262 e. The number of aromatic nitrogens is 2. The van der Waals surface area contributed by atoms with E-state index >= 15 is 0 Å². The van der Waals surface area contributed by atoms with E-state index in [1.807, 2.05) is 43.7 Å². The van der Waals surface area contributed by atoms with Crippen molar-refractivity contribution in [2.45, 2.75) is 44.9 Å². The molecule has 0 aliphatic heterocycles. The van der Waals surface area contributed by atoms with Crippen molar-refractivity contribution in [3.05, 3.63) is 30.0 Å². The molecule has 1 atom stereocenters. The standard InChI is InChI=1S/C14H21N3O2S/c1-4-5-14(20(15,18)19)11-6-7-12-9-16-17(10(2)3)13(12)8-11/h6-10,14H,4-5H2,1-3H3,(H2,15,18,19). The molecule has 20 heavy (non-hydrogen) atoms. The molecule has 6 heteroatoms. The zero-order chi connectivity index (χ0) is 14.9. The zero-order valence-electron chi connectivity index (χ0n) is 12.1. The lowest BCUT2D eigenvalue weighted by Crippen LogP contribution is -2.21. The van der Waals surface area contributed by atoms with Gasteiger partial charge in [0.25, 0.3) is 0 Å². The van der Waals surface area contributed by atoms with Crippen LogP contribution in [-0.4, -0.2) is 18.2 Å². The van der Waals surface area contributed by atoms with E-state index in [1.54, 1.807) is 6.20 Å². The Bertz CT molecular complexity index is 704. The van der Waals surface area contributed by atoms with Gasteiger partial charge in [0.05, 0.1) is 11.7 Å². The number of hydrogen-bond donors (Lipinski definition) is 1. The van der Waals surface area contributed by atoms with Crippen molar-refractivity contribution in [3.63, 3.8) is 0 Å². The fourth-order valence-electron chi connectivity index (χ4n) is 2.45. The molecule has 0 bridgehead atoms. The van der Waals surface area contributed by atoms with Gasteiger partial charge in [0.2, 0.25) is 10.0 Å². The lowest BCUT2D eigenvalue weighted by molar-refractivity contribution is 0.550. The quantitative estimate of drug-likeness (QED) is 0.921. The Balaban J connectivity index is 2.56. The smallest absolute Gasteiger partial charge is 0.216 e. The van der Waals surface area contributed by atoms with Gasteiger partial charge in [-0.2, -0.15) is 5.10 Å². The number of primary sulfonamides is 1. The molecule has 5 nitrogen and oxygen atoms in total. The van der Waals surface area contributed by atoms with Crippen LogP contribution in [0.5, 0.6) is 0 Å². The van der Waals surface area contributed by atoms with Gasteiger partial charge >= 0.3 is 0 Å². The Morgan fingerprint density at radius 3 is 2.60 bits per heavy atom. The summed E-state index contributed by atoms with van der Waals surface area (Å²) in [6.45, 7) is 6.04. The van der Waals surface area contributed by atoms with E-state index in [4.69, 9.17) is 5.14 Å². The molecule has 1 heterocycles. The Kier molecular flexibility index (Phi) is 4.15. The highest BCUT2D eigenvalue weighted by Crippen LogP contribution is 2.29.